The Hall–Kier alpha value is -2.61. The molecular formula is C16H18N4O3S. The van der Waals surface area contributed by atoms with Crippen LogP contribution in [0.15, 0.2) is 40.2 Å². The van der Waals surface area contributed by atoms with Crippen LogP contribution in [0.1, 0.15) is 17.0 Å². The van der Waals surface area contributed by atoms with Gasteiger partial charge >= 0.3 is 0 Å². The first-order valence-electron chi connectivity index (χ1n) is 7.35. The Bertz CT molecular complexity index is 1110. The van der Waals surface area contributed by atoms with Gasteiger partial charge in [0.1, 0.15) is 16.2 Å². The average molecular weight is 346 g/mol. The zero-order chi connectivity index (χ0) is 17.6. The first-order valence-corrected chi connectivity index (χ1v) is 8.83. The van der Waals surface area contributed by atoms with Gasteiger partial charge in [-0.1, -0.05) is 6.07 Å². The van der Waals surface area contributed by atoms with Gasteiger partial charge in [0.15, 0.2) is 0 Å². The van der Waals surface area contributed by atoms with E-state index >= 15 is 0 Å². The molecule has 3 aromatic rings. The normalized spacial score (nSPS) is 11.8. The fourth-order valence-electron chi connectivity index (χ4n) is 2.51. The van der Waals surface area contributed by atoms with Crippen molar-refractivity contribution in [3.63, 3.8) is 0 Å². The third-order valence-corrected chi connectivity index (χ3v) is 5.37. The molecule has 0 radical (unpaired) electrons. The lowest BCUT2D eigenvalue weighted by atomic mass is 10.1. The van der Waals surface area contributed by atoms with E-state index in [-0.39, 0.29) is 16.0 Å². The van der Waals surface area contributed by atoms with E-state index in [4.69, 9.17) is 0 Å². The van der Waals surface area contributed by atoms with Crippen LogP contribution in [0, 0.1) is 20.8 Å². The summed E-state index contributed by atoms with van der Waals surface area (Å²) in [5.74, 6) is 0.528. The SMILES string of the molecule is Cc1ccc(NS(=O)(=O)c2cc3c(=O)n(C)nc(C)n3c2)cc1C. The first kappa shape index (κ1) is 16.3. The van der Waals surface area contributed by atoms with E-state index in [9.17, 15) is 13.2 Å². The summed E-state index contributed by atoms with van der Waals surface area (Å²) in [6, 6.07) is 6.70. The van der Waals surface area contributed by atoms with Crippen LogP contribution in [0.3, 0.4) is 0 Å². The maximum Gasteiger partial charge on any atom is 0.290 e. The van der Waals surface area contributed by atoms with E-state index in [1.165, 1.54) is 28.4 Å². The van der Waals surface area contributed by atoms with Crippen molar-refractivity contribution in [1.29, 1.82) is 0 Å². The molecule has 1 N–H and O–H groups in total. The maximum absolute atomic E-state index is 12.6. The number of fused-ring (bicyclic) bond motifs is 1. The molecule has 0 aliphatic carbocycles. The van der Waals surface area contributed by atoms with Gasteiger partial charge in [0.2, 0.25) is 0 Å². The van der Waals surface area contributed by atoms with Crippen LogP contribution in [-0.4, -0.2) is 22.6 Å². The topological polar surface area (TPSA) is 85.5 Å². The molecule has 0 aliphatic rings. The number of aromatic nitrogens is 3. The number of nitrogens with one attached hydrogen (secondary N) is 1. The second-order valence-electron chi connectivity index (χ2n) is 5.81. The molecule has 2 aromatic heterocycles. The summed E-state index contributed by atoms with van der Waals surface area (Å²) < 4.78 is 30.5. The Labute approximate surface area is 139 Å². The summed E-state index contributed by atoms with van der Waals surface area (Å²) >= 11 is 0. The molecular weight excluding hydrogens is 328 g/mol. The Morgan fingerprint density at radius 3 is 2.46 bits per heavy atom. The van der Waals surface area contributed by atoms with E-state index in [2.05, 4.69) is 9.82 Å². The van der Waals surface area contributed by atoms with Crippen molar-refractivity contribution < 1.29 is 8.42 Å². The van der Waals surface area contributed by atoms with Crippen molar-refractivity contribution in [3.05, 3.63) is 57.8 Å². The van der Waals surface area contributed by atoms with E-state index in [1.54, 1.807) is 19.1 Å². The monoisotopic (exact) mass is 346 g/mol. The van der Waals surface area contributed by atoms with Gasteiger partial charge in [0.05, 0.1) is 0 Å². The highest BCUT2D eigenvalue weighted by molar-refractivity contribution is 7.92. The Morgan fingerprint density at radius 2 is 1.79 bits per heavy atom. The smallest absolute Gasteiger partial charge is 0.290 e. The lowest BCUT2D eigenvalue weighted by Gasteiger charge is -2.08. The summed E-state index contributed by atoms with van der Waals surface area (Å²) in [7, 11) is -2.27. The van der Waals surface area contributed by atoms with Crippen molar-refractivity contribution in [2.45, 2.75) is 25.7 Å². The van der Waals surface area contributed by atoms with Crippen molar-refractivity contribution in [1.82, 2.24) is 14.2 Å². The predicted octanol–water partition coefficient (Wildman–Crippen LogP) is 1.76. The van der Waals surface area contributed by atoms with E-state index in [1.807, 2.05) is 19.9 Å². The van der Waals surface area contributed by atoms with Gasteiger partial charge in [0, 0.05) is 18.9 Å². The van der Waals surface area contributed by atoms with Crippen LogP contribution in [0.25, 0.3) is 5.52 Å². The van der Waals surface area contributed by atoms with Crippen LogP contribution in [0.5, 0.6) is 0 Å². The van der Waals surface area contributed by atoms with Crippen LogP contribution in [0.4, 0.5) is 5.69 Å². The number of benzene rings is 1. The van der Waals surface area contributed by atoms with Gasteiger partial charge < -0.3 is 0 Å². The minimum absolute atomic E-state index is 0.0222. The number of sulfonamides is 1. The molecule has 0 unspecified atom stereocenters. The third-order valence-electron chi connectivity index (χ3n) is 4.02. The molecule has 8 heteroatoms. The van der Waals surface area contributed by atoms with Crippen LogP contribution < -0.4 is 10.3 Å². The number of hydrogen-bond acceptors (Lipinski definition) is 4. The number of nitrogens with zero attached hydrogens (tertiary/aromatic N) is 3. The maximum atomic E-state index is 12.6. The molecule has 0 amide bonds. The summed E-state index contributed by atoms with van der Waals surface area (Å²) in [5.41, 5.74) is 2.47. The molecule has 3 rings (SSSR count). The quantitative estimate of drug-likeness (QED) is 0.783. The Kier molecular flexibility index (Phi) is 3.71. The molecule has 0 atom stereocenters. The van der Waals surface area contributed by atoms with Gasteiger partial charge in [-0.3, -0.25) is 13.9 Å². The molecule has 1 aromatic carbocycles. The molecule has 0 aliphatic heterocycles. The molecule has 2 heterocycles. The predicted molar refractivity (Wildman–Crippen MR) is 91.9 cm³/mol. The average Bonchev–Trinajstić information content (AvgIpc) is 2.95. The minimum atomic E-state index is -3.80. The van der Waals surface area contributed by atoms with Crippen molar-refractivity contribution >= 4 is 21.2 Å². The molecule has 0 fully saturated rings. The fraction of sp³-hybridized carbons (Fsp3) is 0.250. The van der Waals surface area contributed by atoms with Gasteiger partial charge in [-0.15, -0.1) is 0 Å². The Morgan fingerprint density at radius 1 is 1.08 bits per heavy atom. The highest BCUT2D eigenvalue weighted by atomic mass is 32.2. The van der Waals surface area contributed by atoms with E-state index < -0.39 is 10.0 Å². The summed E-state index contributed by atoms with van der Waals surface area (Å²) in [4.78, 5) is 12.1. The molecule has 0 saturated heterocycles. The van der Waals surface area contributed by atoms with Gasteiger partial charge in [-0.2, -0.15) is 5.10 Å². The zero-order valence-electron chi connectivity index (χ0n) is 13.9. The Balaban J connectivity index is 2.08. The number of hydrogen-bond donors (Lipinski definition) is 1. The number of anilines is 1. The van der Waals surface area contributed by atoms with Crippen molar-refractivity contribution in [3.8, 4) is 0 Å². The van der Waals surface area contributed by atoms with Crippen LogP contribution >= 0.6 is 0 Å². The second-order valence-corrected chi connectivity index (χ2v) is 7.49. The number of rotatable bonds is 3. The largest absolute Gasteiger partial charge is 0.298 e. The highest BCUT2D eigenvalue weighted by Crippen LogP contribution is 2.20. The first-order chi connectivity index (χ1) is 11.2. The summed E-state index contributed by atoms with van der Waals surface area (Å²) in [6.45, 7) is 5.58. The lowest BCUT2D eigenvalue weighted by molar-refractivity contribution is 0.601. The fourth-order valence-corrected chi connectivity index (χ4v) is 3.58. The third kappa shape index (κ3) is 2.69. The van der Waals surface area contributed by atoms with Crippen LogP contribution in [0.2, 0.25) is 0 Å². The standard InChI is InChI=1S/C16H18N4O3S/c1-10-5-6-13(7-11(10)2)18-24(22,23)14-8-15-16(21)19(4)17-12(3)20(15)9-14/h5-9,18H,1-4H3. The summed E-state index contributed by atoms with van der Waals surface area (Å²) in [5, 5.41) is 4.05. The molecule has 24 heavy (non-hydrogen) atoms. The molecule has 7 nitrogen and oxygen atoms in total. The van der Waals surface area contributed by atoms with Gasteiger partial charge in [-0.05, 0) is 50.1 Å². The van der Waals surface area contributed by atoms with E-state index in [0.717, 1.165) is 11.1 Å². The van der Waals surface area contributed by atoms with Gasteiger partial charge in [-0.25, -0.2) is 13.1 Å². The van der Waals surface area contributed by atoms with Crippen LogP contribution in [-0.2, 0) is 17.1 Å². The second kappa shape index (κ2) is 5.48. The molecule has 0 spiro atoms. The lowest BCUT2D eigenvalue weighted by Crippen LogP contribution is -2.22. The number of aryl methyl sites for hydroxylation is 4. The zero-order valence-corrected chi connectivity index (χ0v) is 14.7. The summed E-state index contributed by atoms with van der Waals surface area (Å²) in [6.07, 6.45) is 1.41. The van der Waals surface area contributed by atoms with Crippen molar-refractivity contribution in [2.75, 3.05) is 4.72 Å². The molecule has 126 valence electrons. The highest BCUT2D eigenvalue weighted by Gasteiger charge is 2.19. The minimum Gasteiger partial charge on any atom is -0.298 e. The molecule has 0 bridgehead atoms. The molecule has 0 saturated carbocycles. The van der Waals surface area contributed by atoms with E-state index in [0.29, 0.717) is 11.5 Å². The van der Waals surface area contributed by atoms with Gasteiger partial charge in [0.25, 0.3) is 15.6 Å². The van der Waals surface area contributed by atoms with Crippen molar-refractivity contribution in [2.24, 2.45) is 7.05 Å².